The fourth-order valence-electron chi connectivity index (χ4n) is 3.06. The van der Waals surface area contributed by atoms with Gasteiger partial charge in [0, 0.05) is 30.3 Å². The average molecular weight is 364 g/mol. The van der Waals surface area contributed by atoms with Crippen molar-refractivity contribution < 1.29 is 9.50 Å². The van der Waals surface area contributed by atoms with Crippen molar-refractivity contribution in [3.63, 3.8) is 0 Å². The van der Waals surface area contributed by atoms with Crippen LogP contribution >= 0.6 is 11.3 Å². The number of hydrogen-bond donors (Lipinski definition) is 2. The number of nitrogens with one attached hydrogen (secondary N) is 1. The van der Waals surface area contributed by atoms with Gasteiger partial charge in [0.15, 0.2) is 0 Å². The first-order valence-electron chi connectivity index (χ1n) is 8.76. The molecule has 5 nitrogen and oxygen atoms in total. The summed E-state index contributed by atoms with van der Waals surface area (Å²) in [6.07, 6.45) is 1.26. The molecule has 1 atom stereocenters. The van der Waals surface area contributed by atoms with Crippen molar-refractivity contribution >= 4 is 22.2 Å². The van der Waals surface area contributed by atoms with Gasteiger partial charge in [-0.3, -0.25) is 0 Å². The van der Waals surface area contributed by atoms with Crippen molar-refractivity contribution in [2.24, 2.45) is 0 Å². The highest BCUT2D eigenvalue weighted by atomic mass is 32.1. The van der Waals surface area contributed by atoms with Gasteiger partial charge in [0.25, 0.3) is 0 Å². The van der Waals surface area contributed by atoms with Crippen LogP contribution in [-0.4, -0.2) is 34.5 Å². The number of aliphatic hydroxyl groups excluding tert-OH is 1. The Morgan fingerprint density at radius 1 is 1.24 bits per heavy atom. The minimum atomic E-state index is -0.246. The second-order valence-corrected chi connectivity index (χ2v) is 7.90. The topological polar surface area (TPSA) is 61.3 Å². The molecule has 0 aliphatic carbocycles. The molecule has 0 amide bonds. The number of hydrogen-bond acceptors (Lipinski definition) is 6. The number of nitrogens with zero attached hydrogens (tertiary/aromatic N) is 3. The van der Waals surface area contributed by atoms with Crippen LogP contribution in [0.3, 0.4) is 0 Å². The van der Waals surface area contributed by atoms with E-state index in [0.29, 0.717) is 5.92 Å². The molecule has 1 unspecified atom stereocenters. The van der Waals surface area contributed by atoms with Crippen LogP contribution in [0.5, 0.6) is 0 Å². The van der Waals surface area contributed by atoms with Gasteiger partial charge in [0.1, 0.15) is 10.8 Å². The van der Waals surface area contributed by atoms with Crippen molar-refractivity contribution in [2.75, 3.05) is 23.3 Å². The molecular formula is C18H25FN4OS. The predicted molar refractivity (Wildman–Crippen MR) is 99.9 cm³/mol. The number of aromatic nitrogens is 2. The highest BCUT2D eigenvalue weighted by molar-refractivity contribution is 7.15. The smallest absolute Gasteiger partial charge is 0.206 e. The zero-order valence-electron chi connectivity index (χ0n) is 14.9. The van der Waals surface area contributed by atoms with E-state index < -0.39 is 0 Å². The van der Waals surface area contributed by atoms with Gasteiger partial charge in [0.05, 0.1) is 12.1 Å². The molecule has 0 bridgehead atoms. The zero-order chi connectivity index (χ0) is 18.0. The van der Waals surface area contributed by atoms with Crippen LogP contribution in [0, 0.1) is 5.82 Å². The number of piperidine rings is 1. The van der Waals surface area contributed by atoms with Crippen LogP contribution < -0.4 is 10.2 Å². The van der Waals surface area contributed by atoms with Crippen molar-refractivity contribution in [3.8, 4) is 0 Å². The average Bonchev–Trinajstić information content (AvgIpc) is 3.04. The molecule has 0 spiro atoms. The lowest BCUT2D eigenvalue weighted by Gasteiger charge is -2.34. The summed E-state index contributed by atoms with van der Waals surface area (Å²) in [4.78, 5) is 2.22. The molecule has 136 valence electrons. The Hall–Kier alpha value is -1.73. The third-order valence-electron chi connectivity index (χ3n) is 4.54. The first-order valence-corrected chi connectivity index (χ1v) is 9.58. The Morgan fingerprint density at radius 3 is 2.60 bits per heavy atom. The quantitative estimate of drug-likeness (QED) is 0.842. The molecule has 1 aliphatic heterocycles. The number of halogens is 1. The van der Waals surface area contributed by atoms with Crippen LogP contribution in [0.4, 0.5) is 15.2 Å². The third-order valence-corrected chi connectivity index (χ3v) is 5.69. The minimum absolute atomic E-state index is 0.0921. The fraction of sp³-hybridized carbons (Fsp3) is 0.556. The first-order chi connectivity index (χ1) is 11.9. The van der Waals surface area contributed by atoms with Crippen molar-refractivity contribution in [2.45, 2.75) is 51.7 Å². The highest BCUT2D eigenvalue weighted by Crippen LogP contribution is 2.32. The van der Waals surface area contributed by atoms with E-state index in [4.69, 9.17) is 0 Å². The summed E-state index contributed by atoms with van der Waals surface area (Å²) < 4.78 is 13.9. The first kappa shape index (κ1) is 18.1. The van der Waals surface area contributed by atoms with Gasteiger partial charge in [0.2, 0.25) is 5.13 Å². The molecule has 1 saturated heterocycles. The van der Waals surface area contributed by atoms with E-state index in [2.05, 4.69) is 34.3 Å². The molecular weight excluding hydrogens is 339 g/mol. The molecule has 2 heterocycles. The number of rotatable bonds is 5. The van der Waals surface area contributed by atoms with Crippen LogP contribution in [0.2, 0.25) is 0 Å². The molecule has 7 heteroatoms. The maximum Gasteiger partial charge on any atom is 0.206 e. The molecule has 25 heavy (non-hydrogen) atoms. The Labute approximate surface area is 151 Å². The number of benzene rings is 1. The lowest BCUT2D eigenvalue weighted by atomic mass is 10.0. The monoisotopic (exact) mass is 364 g/mol. The van der Waals surface area contributed by atoms with Gasteiger partial charge < -0.3 is 15.3 Å². The molecule has 1 aromatic heterocycles. The van der Waals surface area contributed by atoms with Crippen LogP contribution in [0.1, 0.15) is 56.1 Å². The molecule has 2 N–H and O–H groups in total. The molecule has 2 aromatic rings. The lowest BCUT2D eigenvalue weighted by molar-refractivity contribution is 0.145. The molecule has 1 fully saturated rings. The summed E-state index contributed by atoms with van der Waals surface area (Å²) in [5.41, 5.74) is 1.92. The summed E-state index contributed by atoms with van der Waals surface area (Å²) >= 11 is 1.54. The number of anilines is 2. The fourth-order valence-corrected chi connectivity index (χ4v) is 3.89. The molecule has 0 radical (unpaired) electrons. The minimum Gasteiger partial charge on any atom is -0.393 e. The van der Waals surface area contributed by atoms with Gasteiger partial charge in [-0.2, -0.15) is 0 Å². The summed E-state index contributed by atoms with van der Waals surface area (Å²) in [5.74, 6) is 0.0949. The third kappa shape index (κ3) is 4.27. The summed E-state index contributed by atoms with van der Waals surface area (Å²) in [6, 6.07) is 4.83. The Balaban J connectivity index is 1.80. The van der Waals surface area contributed by atoms with E-state index in [-0.39, 0.29) is 18.0 Å². The van der Waals surface area contributed by atoms with E-state index in [0.717, 1.165) is 47.3 Å². The standard InChI is InChI=1S/C18H25FN4OS/c1-11(2)17-21-22-18(25-17)20-12(3)15-10-13(19)4-5-16(15)23-8-6-14(24)7-9-23/h4-5,10-12,14,24H,6-9H2,1-3H3,(H,20,22). The maximum atomic E-state index is 13.9. The summed E-state index contributed by atoms with van der Waals surface area (Å²) in [7, 11) is 0. The predicted octanol–water partition coefficient (Wildman–Crippen LogP) is 3.93. The van der Waals surface area contributed by atoms with Gasteiger partial charge in [-0.15, -0.1) is 10.2 Å². The van der Waals surface area contributed by atoms with E-state index in [1.54, 1.807) is 6.07 Å². The zero-order valence-corrected chi connectivity index (χ0v) is 15.7. The summed E-state index contributed by atoms with van der Waals surface area (Å²) in [6.45, 7) is 7.74. The van der Waals surface area contributed by atoms with Crippen LogP contribution in [0.25, 0.3) is 0 Å². The molecule has 3 rings (SSSR count). The normalized spacial score (nSPS) is 17.1. The van der Waals surface area contributed by atoms with E-state index in [1.807, 2.05) is 13.0 Å². The molecule has 1 aromatic carbocycles. The van der Waals surface area contributed by atoms with Crippen molar-refractivity contribution in [3.05, 3.63) is 34.6 Å². The molecule has 1 aliphatic rings. The lowest BCUT2D eigenvalue weighted by Crippen LogP contribution is -2.36. The molecule has 0 saturated carbocycles. The Morgan fingerprint density at radius 2 is 1.96 bits per heavy atom. The number of aliphatic hydroxyl groups is 1. The highest BCUT2D eigenvalue weighted by Gasteiger charge is 2.22. The van der Waals surface area contributed by atoms with Gasteiger partial charge in [-0.1, -0.05) is 25.2 Å². The SMILES string of the molecule is CC(C)c1nnc(NC(C)c2cc(F)ccc2N2CCC(O)CC2)s1. The second-order valence-electron chi connectivity index (χ2n) is 6.89. The van der Waals surface area contributed by atoms with E-state index in [9.17, 15) is 9.50 Å². The Bertz CT molecular complexity index is 713. The van der Waals surface area contributed by atoms with Crippen molar-refractivity contribution in [1.29, 1.82) is 0 Å². The van der Waals surface area contributed by atoms with E-state index >= 15 is 0 Å². The maximum absolute atomic E-state index is 13.9. The largest absolute Gasteiger partial charge is 0.393 e. The van der Waals surface area contributed by atoms with Crippen LogP contribution in [0.15, 0.2) is 18.2 Å². The van der Waals surface area contributed by atoms with E-state index in [1.165, 1.54) is 17.4 Å². The van der Waals surface area contributed by atoms with Gasteiger partial charge in [-0.05, 0) is 38.0 Å². The van der Waals surface area contributed by atoms with Crippen LogP contribution in [-0.2, 0) is 0 Å². The van der Waals surface area contributed by atoms with Crippen molar-refractivity contribution in [1.82, 2.24) is 10.2 Å². The second kappa shape index (κ2) is 7.66. The van der Waals surface area contributed by atoms with Gasteiger partial charge in [-0.25, -0.2) is 4.39 Å². The van der Waals surface area contributed by atoms with Gasteiger partial charge >= 0.3 is 0 Å². The Kier molecular flexibility index (Phi) is 5.54. The summed E-state index contributed by atoms with van der Waals surface area (Å²) in [5, 5.41) is 23.2.